The number of hydrogen-bond donors (Lipinski definition) is 3. The van der Waals surface area contributed by atoms with Gasteiger partial charge in [-0.1, -0.05) is 35.9 Å². The molecule has 448 valence electrons. The number of thiazole rings is 2. The number of likely N-dealkylation sites (tertiary alicyclic amines) is 2. The summed E-state index contributed by atoms with van der Waals surface area (Å²) >= 11 is 4.22. The van der Waals surface area contributed by atoms with Crippen LogP contribution in [0.5, 0.6) is 5.75 Å². The van der Waals surface area contributed by atoms with Gasteiger partial charge in [-0.3, -0.25) is 39.0 Å². The Balaban J connectivity index is 0.668. The van der Waals surface area contributed by atoms with E-state index in [2.05, 4.69) is 35.6 Å². The number of methoxy groups -OCH3 is 1. The van der Waals surface area contributed by atoms with Crippen molar-refractivity contribution in [2.75, 3.05) is 96.4 Å². The predicted octanol–water partition coefficient (Wildman–Crippen LogP) is 8.38. The van der Waals surface area contributed by atoms with Crippen LogP contribution in [0.15, 0.2) is 81.3 Å². The van der Waals surface area contributed by atoms with Gasteiger partial charge in [-0.15, -0.1) is 11.3 Å². The van der Waals surface area contributed by atoms with Crippen LogP contribution in [-0.4, -0.2) is 180 Å². The van der Waals surface area contributed by atoms with Crippen LogP contribution in [-0.2, 0) is 14.4 Å². The number of anilines is 2. The van der Waals surface area contributed by atoms with E-state index >= 15 is 0 Å². The maximum Gasteiger partial charge on any atom is 0.257 e. The highest BCUT2D eigenvalue weighted by atomic mass is 32.2. The molecule has 1 saturated carbocycles. The lowest BCUT2D eigenvalue weighted by Crippen LogP contribution is -2.57. The van der Waals surface area contributed by atoms with Crippen LogP contribution in [0.4, 0.5) is 15.2 Å². The Morgan fingerprint density at radius 1 is 0.762 bits per heavy atom. The number of aromatic nitrogens is 2. The minimum absolute atomic E-state index is 0.00730. The molecule has 0 spiro atoms. The number of benzene rings is 3. The Kier molecular flexibility index (Phi) is 20.1. The van der Waals surface area contributed by atoms with Crippen LogP contribution in [0.25, 0.3) is 0 Å². The van der Waals surface area contributed by atoms with Gasteiger partial charge in [0.1, 0.15) is 28.3 Å². The fourth-order valence-electron chi connectivity index (χ4n) is 12.7. The fraction of sp³-hybridized carbons (Fsp3) is 0.516. The lowest BCUT2D eigenvalue weighted by atomic mass is 9.85. The number of ketones is 1. The van der Waals surface area contributed by atoms with Crippen molar-refractivity contribution in [3.63, 3.8) is 0 Å². The summed E-state index contributed by atoms with van der Waals surface area (Å²) in [6, 6.07) is 16.6. The summed E-state index contributed by atoms with van der Waals surface area (Å²) in [5.74, 6) is -0.855. The third kappa shape index (κ3) is 14.3. The molecule has 0 unspecified atom stereocenters. The second-order valence-electron chi connectivity index (χ2n) is 22.9. The first-order valence-electron chi connectivity index (χ1n) is 29.7. The van der Waals surface area contributed by atoms with Gasteiger partial charge in [0.25, 0.3) is 11.8 Å². The molecule has 3 aromatic carbocycles. The predicted molar refractivity (Wildman–Crippen MR) is 326 cm³/mol. The van der Waals surface area contributed by atoms with E-state index in [9.17, 15) is 33.2 Å². The number of nitrogens with one attached hydrogen (secondary N) is 3. The fourth-order valence-corrected chi connectivity index (χ4v) is 15.6. The van der Waals surface area contributed by atoms with Gasteiger partial charge in [0, 0.05) is 105 Å². The number of ether oxygens (including phenoxy) is 1. The number of piperidine rings is 1. The molecule has 22 heteroatoms. The molecule has 4 saturated heterocycles. The second kappa shape index (κ2) is 27.8. The first-order chi connectivity index (χ1) is 40.6. The van der Waals surface area contributed by atoms with E-state index in [-0.39, 0.29) is 53.0 Å². The molecule has 4 aliphatic heterocycles. The topological polar surface area (TPSA) is 193 Å². The first kappa shape index (κ1) is 60.8. The summed E-state index contributed by atoms with van der Waals surface area (Å²) in [5.41, 5.74) is 3.71. The van der Waals surface area contributed by atoms with Crippen molar-refractivity contribution in [1.82, 2.24) is 45.1 Å². The lowest BCUT2D eigenvalue weighted by molar-refractivity contribution is -0.140. The zero-order valence-electron chi connectivity index (χ0n) is 48.8. The van der Waals surface area contributed by atoms with Crippen molar-refractivity contribution in [3.05, 3.63) is 111 Å². The summed E-state index contributed by atoms with van der Waals surface area (Å²) in [6.07, 6.45) is 11.9. The number of hydrogen-bond acceptors (Lipinski definition) is 16. The molecule has 18 nitrogen and oxygen atoms in total. The third-order valence-corrected chi connectivity index (χ3v) is 20.9. The van der Waals surface area contributed by atoms with Gasteiger partial charge in [0.2, 0.25) is 23.5 Å². The van der Waals surface area contributed by atoms with Gasteiger partial charge in [0.15, 0.2) is 5.13 Å². The molecule has 3 N–H and O–H groups in total. The summed E-state index contributed by atoms with van der Waals surface area (Å²) in [5, 5.41) is 12.1. The maximum atomic E-state index is 14.7. The number of carbonyl (C=O) groups excluding carboxylic acids is 6. The molecule has 10 rings (SSSR count). The van der Waals surface area contributed by atoms with Crippen LogP contribution in [0.1, 0.15) is 131 Å². The Morgan fingerprint density at radius 3 is 2.05 bits per heavy atom. The molecule has 0 radical (unpaired) electrons. The Hall–Kier alpha value is -6.30. The van der Waals surface area contributed by atoms with Gasteiger partial charge < -0.3 is 39.9 Å². The summed E-state index contributed by atoms with van der Waals surface area (Å²) in [7, 11) is 3.30. The maximum absolute atomic E-state index is 14.7. The highest BCUT2D eigenvalue weighted by Gasteiger charge is 2.42. The minimum Gasteiger partial charge on any atom is -0.496 e. The van der Waals surface area contributed by atoms with Crippen molar-refractivity contribution in [2.24, 2.45) is 5.92 Å². The number of carbonyl (C=O) groups is 6. The van der Waals surface area contributed by atoms with E-state index in [4.69, 9.17) is 9.72 Å². The number of likely N-dealkylation sites (N-methyl/N-ethyl adjacent to an activating group) is 1. The molecule has 2 aromatic heterocycles. The van der Waals surface area contributed by atoms with E-state index in [0.717, 1.165) is 98.1 Å². The molecular formula is C62H78FN11O7S3. The van der Waals surface area contributed by atoms with Gasteiger partial charge in [-0.05, 0) is 157 Å². The van der Waals surface area contributed by atoms with Gasteiger partial charge in [-0.25, -0.2) is 14.4 Å². The van der Waals surface area contributed by atoms with Crippen molar-refractivity contribution in [1.29, 1.82) is 0 Å². The number of rotatable bonds is 17. The van der Waals surface area contributed by atoms with Crippen LogP contribution in [0.3, 0.4) is 0 Å². The molecule has 84 heavy (non-hydrogen) atoms. The standard InChI is InChI=1S/C62H78FN11O7S3/c1-39-35-52(81-5)49(60(79)73-33-27-69(28-34-73)41(3)75)36-53(39)83-54-37-65-62(84-54)68-58(78)44-16-20-48(21-17-44)72-31-29-71(30-32-72)47-11-6-9-46(10-7-12-47)70-25-22-42(23-26-70)55(67-57(77)40(2)64-4)61(80)74-24-8-13-51(74)59-66-50(38-82-59)56(76)43-14-18-45(63)19-15-43/h14-21,35-38,40,42,46-47,51,55,64H,6-13,22-34H2,1-5H3,(H,67,77)(H,65,68,78)/t40-,46?,47?,51-,55-/m0/s1. The second-order valence-corrected chi connectivity index (χ2v) is 26.1. The highest BCUT2D eigenvalue weighted by molar-refractivity contribution is 8.01. The van der Waals surface area contributed by atoms with Gasteiger partial charge in [-0.2, -0.15) is 0 Å². The molecule has 5 aliphatic rings. The van der Waals surface area contributed by atoms with E-state index in [0.29, 0.717) is 77.4 Å². The van der Waals surface area contributed by atoms with Gasteiger partial charge in [0.05, 0.1) is 35.2 Å². The van der Waals surface area contributed by atoms with E-state index in [1.807, 2.05) is 48.2 Å². The van der Waals surface area contributed by atoms with Gasteiger partial charge >= 0.3 is 0 Å². The van der Waals surface area contributed by atoms with E-state index in [1.54, 1.807) is 49.4 Å². The number of amides is 5. The Labute approximate surface area is 504 Å². The number of halogens is 1. The zero-order valence-corrected chi connectivity index (χ0v) is 51.2. The Morgan fingerprint density at radius 2 is 1.40 bits per heavy atom. The average Bonchev–Trinajstić information content (AvgIpc) is 4.45. The number of piperazine rings is 2. The van der Waals surface area contributed by atoms with E-state index in [1.165, 1.54) is 84.4 Å². The Bertz CT molecular complexity index is 3130. The summed E-state index contributed by atoms with van der Waals surface area (Å²) < 4.78 is 20.1. The molecule has 5 fully saturated rings. The van der Waals surface area contributed by atoms with E-state index < -0.39 is 17.9 Å². The minimum atomic E-state index is -0.667. The molecule has 5 amide bonds. The number of nitrogens with zero attached hydrogens (tertiary/aromatic N) is 8. The first-order valence-corrected chi connectivity index (χ1v) is 32.2. The highest BCUT2D eigenvalue weighted by Crippen LogP contribution is 2.40. The summed E-state index contributed by atoms with van der Waals surface area (Å²) in [4.78, 5) is 104. The largest absolute Gasteiger partial charge is 0.496 e. The normalized spacial score (nSPS) is 21.1. The third-order valence-electron chi connectivity index (χ3n) is 17.8. The monoisotopic (exact) mass is 1200 g/mol. The van der Waals surface area contributed by atoms with Crippen LogP contribution in [0, 0.1) is 18.7 Å². The zero-order chi connectivity index (χ0) is 59.0. The van der Waals surface area contributed by atoms with Crippen molar-refractivity contribution in [3.8, 4) is 5.75 Å². The summed E-state index contributed by atoms with van der Waals surface area (Å²) in [6.45, 7) is 13.4. The average molecular weight is 1200 g/mol. The van der Waals surface area contributed by atoms with Crippen molar-refractivity contribution in [2.45, 2.75) is 124 Å². The van der Waals surface area contributed by atoms with Crippen molar-refractivity contribution < 1.29 is 37.9 Å². The van der Waals surface area contributed by atoms with Crippen LogP contribution in [0.2, 0.25) is 0 Å². The lowest BCUT2D eigenvalue weighted by Gasteiger charge is -2.43. The number of aryl methyl sites for hydroxylation is 1. The molecular weight excluding hydrogens is 1130 g/mol. The SMILES string of the molecule is CN[C@@H](C)C(=O)N[C@H](C(=O)N1CCC[C@H]1c1nc(C(=O)c2ccc(F)cc2)cs1)C1CCN(C2CCCC(N3CCN(c4ccc(C(=O)Nc5ncc(Sc6cc(C(=O)N7CCN(C(C)=O)CC7)c(OC)cc6C)s5)cc4)CC3)CCC2)CC1. The molecule has 1 aliphatic carbocycles. The molecule has 5 aromatic rings. The smallest absolute Gasteiger partial charge is 0.257 e. The van der Waals surface area contributed by atoms with Crippen molar-refractivity contribution >= 4 is 80.6 Å². The van der Waals surface area contributed by atoms with Crippen LogP contribution < -0.4 is 25.6 Å². The van der Waals surface area contributed by atoms with Crippen LogP contribution >= 0.6 is 34.4 Å². The molecule has 0 bridgehead atoms. The molecule has 6 heterocycles. The quantitative estimate of drug-likeness (QED) is 0.0752. The molecule has 3 atom stereocenters.